The van der Waals surface area contributed by atoms with Gasteiger partial charge >= 0.3 is 6.18 Å². The van der Waals surface area contributed by atoms with Crippen LogP contribution in [0.2, 0.25) is 10.0 Å². The molecule has 0 saturated carbocycles. The van der Waals surface area contributed by atoms with Gasteiger partial charge < -0.3 is 4.74 Å². The van der Waals surface area contributed by atoms with Crippen molar-refractivity contribution in [1.29, 1.82) is 0 Å². The molecule has 0 saturated heterocycles. The van der Waals surface area contributed by atoms with Gasteiger partial charge in [0.15, 0.2) is 6.29 Å². The van der Waals surface area contributed by atoms with Crippen molar-refractivity contribution in [2.75, 3.05) is 0 Å². The Bertz CT molecular complexity index is 684. The van der Waals surface area contributed by atoms with Crippen LogP contribution in [0.5, 0.6) is 11.5 Å². The van der Waals surface area contributed by atoms with Crippen LogP contribution in [-0.4, -0.2) is 6.29 Å². The van der Waals surface area contributed by atoms with E-state index in [0.29, 0.717) is 6.29 Å². The minimum Gasteiger partial charge on any atom is -0.456 e. The highest BCUT2D eigenvalue weighted by molar-refractivity contribution is 6.33. The zero-order chi connectivity index (χ0) is 15.6. The first-order valence-electron chi connectivity index (χ1n) is 5.60. The third kappa shape index (κ3) is 3.68. The molecule has 0 aliphatic carbocycles. The van der Waals surface area contributed by atoms with E-state index >= 15 is 0 Å². The van der Waals surface area contributed by atoms with Gasteiger partial charge in [0.25, 0.3) is 0 Å². The molecule has 2 rings (SSSR count). The molecule has 0 unspecified atom stereocenters. The van der Waals surface area contributed by atoms with E-state index in [1.165, 1.54) is 18.2 Å². The Hall–Kier alpha value is -1.72. The number of carbonyl (C=O) groups excluding carboxylic acids is 1. The van der Waals surface area contributed by atoms with Crippen LogP contribution >= 0.6 is 23.2 Å². The minimum absolute atomic E-state index is 0.0452. The lowest BCUT2D eigenvalue weighted by Gasteiger charge is -2.11. The zero-order valence-corrected chi connectivity index (χ0v) is 11.8. The topological polar surface area (TPSA) is 26.3 Å². The lowest BCUT2D eigenvalue weighted by atomic mass is 10.2. The van der Waals surface area contributed by atoms with E-state index in [1.54, 1.807) is 0 Å². The molecule has 2 nitrogen and oxygen atoms in total. The number of benzene rings is 2. The molecule has 0 aliphatic rings. The summed E-state index contributed by atoms with van der Waals surface area (Å²) in [7, 11) is 0. The molecule has 110 valence electrons. The summed E-state index contributed by atoms with van der Waals surface area (Å²) in [5.41, 5.74) is -0.665. The SMILES string of the molecule is O=Cc1cc(Oc2ccc(C(F)(F)F)cc2Cl)ccc1Cl. The van der Waals surface area contributed by atoms with Crippen molar-refractivity contribution in [2.45, 2.75) is 6.18 Å². The average molecular weight is 335 g/mol. The van der Waals surface area contributed by atoms with Crippen LogP contribution in [0.3, 0.4) is 0 Å². The number of carbonyl (C=O) groups is 1. The predicted molar refractivity (Wildman–Crippen MR) is 73.4 cm³/mol. The van der Waals surface area contributed by atoms with Gasteiger partial charge in [0.05, 0.1) is 15.6 Å². The lowest BCUT2D eigenvalue weighted by molar-refractivity contribution is -0.137. The largest absolute Gasteiger partial charge is 0.456 e. The Balaban J connectivity index is 2.30. The van der Waals surface area contributed by atoms with Crippen molar-refractivity contribution >= 4 is 29.5 Å². The van der Waals surface area contributed by atoms with Gasteiger partial charge in [-0.05, 0) is 36.4 Å². The smallest absolute Gasteiger partial charge is 0.416 e. The van der Waals surface area contributed by atoms with Crippen LogP contribution in [-0.2, 0) is 6.18 Å². The summed E-state index contributed by atoms with van der Waals surface area (Å²) in [6, 6.07) is 7.02. The van der Waals surface area contributed by atoms with E-state index in [-0.39, 0.29) is 27.1 Å². The molecule has 2 aromatic rings. The number of aldehydes is 1. The number of hydrogen-bond donors (Lipinski definition) is 0. The third-order valence-corrected chi connectivity index (χ3v) is 3.22. The summed E-state index contributed by atoms with van der Waals surface area (Å²) in [5, 5.41) is 0.0586. The summed E-state index contributed by atoms with van der Waals surface area (Å²) in [4.78, 5) is 10.8. The first kappa shape index (κ1) is 15.7. The van der Waals surface area contributed by atoms with Gasteiger partial charge in [-0.15, -0.1) is 0 Å². The predicted octanol–water partition coefficient (Wildman–Crippen LogP) is 5.62. The molecule has 2 aromatic carbocycles. The first-order valence-corrected chi connectivity index (χ1v) is 6.36. The number of alkyl halides is 3. The number of hydrogen-bond acceptors (Lipinski definition) is 2. The molecule has 0 amide bonds. The first-order chi connectivity index (χ1) is 9.81. The maximum atomic E-state index is 12.5. The molecule has 0 spiro atoms. The van der Waals surface area contributed by atoms with Gasteiger partial charge in [-0.3, -0.25) is 4.79 Å². The molecule has 0 aliphatic heterocycles. The molecular weight excluding hydrogens is 328 g/mol. The summed E-state index contributed by atoms with van der Waals surface area (Å²) in [5.74, 6) is 0.284. The molecule has 0 heterocycles. The fourth-order valence-corrected chi connectivity index (χ4v) is 1.94. The highest BCUT2D eigenvalue weighted by atomic mass is 35.5. The Kier molecular flexibility index (Phi) is 4.44. The Labute approximate surface area is 128 Å². The highest BCUT2D eigenvalue weighted by Crippen LogP contribution is 2.36. The van der Waals surface area contributed by atoms with E-state index in [4.69, 9.17) is 27.9 Å². The average Bonchev–Trinajstić information content (AvgIpc) is 2.42. The van der Waals surface area contributed by atoms with Crippen molar-refractivity contribution < 1.29 is 22.7 Å². The maximum absolute atomic E-state index is 12.5. The Morgan fingerprint density at radius 2 is 1.71 bits per heavy atom. The van der Waals surface area contributed by atoms with Gasteiger partial charge in [0.1, 0.15) is 11.5 Å². The monoisotopic (exact) mass is 334 g/mol. The van der Waals surface area contributed by atoms with Crippen molar-refractivity contribution in [3.63, 3.8) is 0 Å². The molecule has 0 atom stereocenters. The van der Waals surface area contributed by atoms with Crippen molar-refractivity contribution in [2.24, 2.45) is 0 Å². The number of halogens is 5. The molecule has 0 fully saturated rings. The van der Waals surface area contributed by atoms with Crippen molar-refractivity contribution in [3.05, 3.63) is 57.6 Å². The normalized spacial score (nSPS) is 11.3. The molecule has 0 radical (unpaired) electrons. The van der Waals surface area contributed by atoms with Crippen LogP contribution in [0.15, 0.2) is 36.4 Å². The van der Waals surface area contributed by atoms with E-state index in [0.717, 1.165) is 18.2 Å². The summed E-state index contributed by atoms with van der Waals surface area (Å²) in [6.07, 6.45) is -3.93. The van der Waals surface area contributed by atoms with Gasteiger partial charge in [-0.1, -0.05) is 23.2 Å². The number of rotatable bonds is 3. The molecule has 21 heavy (non-hydrogen) atoms. The van der Waals surface area contributed by atoms with Crippen molar-refractivity contribution in [1.82, 2.24) is 0 Å². The maximum Gasteiger partial charge on any atom is 0.416 e. The quantitative estimate of drug-likeness (QED) is 0.681. The Morgan fingerprint density at radius 3 is 2.29 bits per heavy atom. The van der Waals surface area contributed by atoms with Gasteiger partial charge in [-0.2, -0.15) is 13.2 Å². The molecule has 0 aromatic heterocycles. The summed E-state index contributed by atoms with van der Waals surface area (Å²) < 4.78 is 42.9. The second-order valence-electron chi connectivity index (χ2n) is 4.05. The van der Waals surface area contributed by atoms with Crippen LogP contribution in [0.1, 0.15) is 15.9 Å². The van der Waals surface area contributed by atoms with E-state index < -0.39 is 11.7 Å². The van der Waals surface area contributed by atoms with Crippen LogP contribution in [0, 0.1) is 0 Å². The van der Waals surface area contributed by atoms with Gasteiger partial charge in [-0.25, -0.2) is 0 Å². The van der Waals surface area contributed by atoms with Crippen LogP contribution < -0.4 is 4.74 Å². The molecule has 0 bridgehead atoms. The number of ether oxygens (including phenoxy) is 1. The van der Waals surface area contributed by atoms with E-state index in [2.05, 4.69) is 0 Å². The molecule has 7 heteroatoms. The zero-order valence-electron chi connectivity index (χ0n) is 10.2. The molecule has 0 N–H and O–H groups in total. The molecular formula is C14H7Cl2F3O2. The third-order valence-electron chi connectivity index (χ3n) is 2.58. The highest BCUT2D eigenvalue weighted by Gasteiger charge is 2.31. The second kappa shape index (κ2) is 5.95. The van der Waals surface area contributed by atoms with E-state index in [1.807, 2.05) is 0 Å². The van der Waals surface area contributed by atoms with Gasteiger partial charge in [0.2, 0.25) is 0 Å². The second-order valence-corrected chi connectivity index (χ2v) is 4.86. The minimum atomic E-state index is -4.48. The van der Waals surface area contributed by atoms with E-state index in [9.17, 15) is 18.0 Å². The van der Waals surface area contributed by atoms with Crippen molar-refractivity contribution in [3.8, 4) is 11.5 Å². The standard InChI is InChI=1S/C14H7Cl2F3O2/c15-11-3-2-10(5-8(11)7-20)21-13-4-1-9(6-12(13)16)14(17,18)19/h1-7H. The fraction of sp³-hybridized carbons (Fsp3) is 0.0714. The van der Waals surface area contributed by atoms with Crippen LogP contribution in [0.4, 0.5) is 13.2 Å². The van der Waals surface area contributed by atoms with Crippen LogP contribution in [0.25, 0.3) is 0 Å². The lowest BCUT2D eigenvalue weighted by Crippen LogP contribution is -2.04. The summed E-state index contributed by atoms with van der Waals surface area (Å²) in [6.45, 7) is 0. The summed E-state index contributed by atoms with van der Waals surface area (Å²) >= 11 is 11.5. The fourth-order valence-electron chi connectivity index (χ4n) is 1.56. The Morgan fingerprint density at radius 1 is 1.00 bits per heavy atom. The van der Waals surface area contributed by atoms with Gasteiger partial charge in [0, 0.05) is 5.56 Å².